The van der Waals surface area contributed by atoms with Gasteiger partial charge in [0.25, 0.3) is 5.91 Å². The molecule has 1 aliphatic heterocycles. The van der Waals surface area contributed by atoms with E-state index in [4.69, 9.17) is 16.3 Å². The third-order valence-electron chi connectivity index (χ3n) is 3.78. The van der Waals surface area contributed by atoms with Gasteiger partial charge in [-0.2, -0.15) is 0 Å². The predicted octanol–water partition coefficient (Wildman–Crippen LogP) is 1.51. The maximum Gasteiger partial charge on any atom is 0.287 e. The summed E-state index contributed by atoms with van der Waals surface area (Å²) < 4.78 is 5.76. The van der Waals surface area contributed by atoms with Crippen LogP contribution in [0.3, 0.4) is 0 Å². The average Bonchev–Trinajstić information content (AvgIpc) is 2.84. The SMILES string of the molecule is CCO[C@@H]1C(NC(=O)c2nc(Cl)c(CC)[nH]2)CCN[C@@H]1C. The van der Waals surface area contributed by atoms with Crippen molar-refractivity contribution in [2.24, 2.45) is 0 Å². The quantitative estimate of drug-likeness (QED) is 0.770. The highest BCUT2D eigenvalue weighted by atomic mass is 35.5. The second-order valence-electron chi connectivity index (χ2n) is 5.24. The van der Waals surface area contributed by atoms with Gasteiger partial charge in [0.2, 0.25) is 0 Å². The summed E-state index contributed by atoms with van der Waals surface area (Å²) in [6.07, 6.45) is 1.50. The largest absolute Gasteiger partial charge is 0.375 e. The first-order valence-corrected chi connectivity index (χ1v) is 7.84. The number of imidazole rings is 1. The van der Waals surface area contributed by atoms with Gasteiger partial charge < -0.3 is 20.4 Å². The Morgan fingerprint density at radius 3 is 2.90 bits per heavy atom. The highest BCUT2D eigenvalue weighted by Crippen LogP contribution is 2.16. The topological polar surface area (TPSA) is 79.0 Å². The van der Waals surface area contributed by atoms with Crippen LogP contribution in [0.1, 0.15) is 43.5 Å². The summed E-state index contributed by atoms with van der Waals surface area (Å²) in [4.78, 5) is 19.4. The Morgan fingerprint density at radius 1 is 1.52 bits per heavy atom. The molecular formula is C14H23ClN4O2. The van der Waals surface area contributed by atoms with E-state index in [9.17, 15) is 4.79 Å². The lowest BCUT2D eigenvalue weighted by Gasteiger charge is -2.37. The Labute approximate surface area is 130 Å². The molecule has 0 aliphatic carbocycles. The van der Waals surface area contributed by atoms with E-state index in [-0.39, 0.29) is 29.9 Å². The third-order valence-corrected chi connectivity index (χ3v) is 4.10. The molecule has 1 amide bonds. The normalized spacial score (nSPS) is 25.8. The van der Waals surface area contributed by atoms with Crippen molar-refractivity contribution >= 4 is 17.5 Å². The van der Waals surface area contributed by atoms with Crippen LogP contribution in [0.15, 0.2) is 0 Å². The molecule has 0 bridgehead atoms. The standard InChI is InChI=1S/C14H23ClN4O2/c1-4-9-12(15)19-13(17-9)14(20)18-10-6-7-16-8(3)11(10)21-5-2/h8,10-11,16H,4-7H2,1-3H3,(H,17,19)(H,18,20)/t8-,10?,11+/m1/s1. The predicted molar refractivity (Wildman–Crippen MR) is 81.7 cm³/mol. The number of hydrogen-bond acceptors (Lipinski definition) is 4. The summed E-state index contributed by atoms with van der Waals surface area (Å²) in [6.45, 7) is 7.46. The maximum absolute atomic E-state index is 12.3. The van der Waals surface area contributed by atoms with Crippen LogP contribution in [0.2, 0.25) is 5.15 Å². The number of nitrogens with one attached hydrogen (secondary N) is 3. The molecule has 0 radical (unpaired) electrons. The number of carbonyl (C=O) groups is 1. The van der Waals surface area contributed by atoms with E-state index in [0.29, 0.717) is 18.2 Å². The molecule has 118 valence electrons. The van der Waals surface area contributed by atoms with Crippen LogP contribution in [0.4, 0.5) is 0 Å². The van der Waals surface area contributed by atoms with Crippen molar-refractivity contribution < 1.29 is 9.53 Å². The fraction of sp³-hybridized carbons (Fsp3) is 0.714. The minimum absolute atomic E-state index is 0.0253. The molecule has 1 saturated heterocycles. The molecule has 2 heterocycles. The molecule has 3 N–H and O–H groups in total. The zero-order chi connectivity index (χ0) is 15.4. The molecule has 0 saturated carbocycles. The van der Waals surface area contributed by atoms with Crippen LogP contribution in [-0.2, 0) is 11.2 Å². The lowest BCUT2D eigenvalue weighted by molar-refractivity contribution is -0.00249. The number of hydrogen-bond donors (Lipinski definition) is 3. The van der Waals surface area contributed by atoms with E-state index < -0.39 is 0 Å². The van der Waals surface area contributed by atoms with Crippen molar-refractivity contribution in [3.8, 4) is 0 Å². The molecule has 7 heteroatoms. The summed E-state index contributed by atoms with van der Waals surface area (Å²) in [7, 11) is 0. The Hall–Kier alpha value is -1.11. The minimum atomic E-state index is -0.236. The molecule has 1 aromatic heterocycles. The smallest absolute Gasteiger partial charge is 0.287 e. The molecule has 1 aromatic rings. The van der Waals surface area contributed by atoms with Crippen molar-refractivity contribution in [1.82, 2.24) is 20.6 Å². The van der Waals surface area contributed by atoms with Crippen LogP contribution in [0, 0.1) is 0 Å². The molecule has 6 nitrogen and oxygen atoms in total. The van der Waals surface area contributed by atoms with E-state index in [2.05, 4.69) is 27.5 Å². The molecule has 0 spiro atoms. The Balaban J connectivity index is 2.05. The number of aromatic amines is 1. The van der Waals surface area contributed by atoms with Crippen LogP contribution < -0.4 is 10.6 Å². The number of carbonyl (C=O) groups excluding carboxylic acids is 1. The monoisotopic (exact) mass is 314 g/mol. The average molecular weight is 315 g/mol. The summed E-state index contributed by atoms with van der Waals surface area (Å²) in [5, 5.41) is 6.73. The molecule has 1 unspecified atom stereocenters. The zero-order valence-electron chi connectivity index (χ0n) is 12.7. The van der Waals surface area contributed by atoms with Gasteiger partial charge in [0.15, 0.2) is 11.0 Å². The highest BCUT2D eigenvalue weighted by Gasteiger charge is 2.32. The van der Waals surface area contributed by atoms with Gasteiger partial charge in [-0.3, -0.25) is 4.79 Å². The van der Waals surface area contributed by atoms with Gasteiger partial charge in [0.05, 0.1) is 17.8 Å². The fourth-order valence-electron chi connectivity index (χ4n) is 2.67. The molecule has 1 fully saturated rings. The molecule has 2 rings (SSSR count). The summed E-state index contributed by atoms with van der Waals surface area (Å²) in [5.74, 6) is 0.0266. The number of H-pyrrole nitrogens is 1. The van der Waals surface area contributed by atoms with Gasteiger partial charge in [-0.05, 0) is 33.2 Å². The van der Waals surface area contributed by atoms with Crippen molar-refractivity contribution in [2.45, 2.75) is 51.8 Å². The number of amides is 1. The maximum atomic E-state index is 12.3. The lowest BCUT2D eigenvalue weighted by atomic mass is 9.96. The zero-order valence-corrected chi connectivity index (χ0v) is 13.5. The van der Waals surface area contributed by atoms with Crippen LogP contribution in [0.25, 0.3) is 0 Å². The van der Waals surface area contributed by atoms with E-state index in [1.54, 1.807) is 0 Å². The van der Waals surface area contributed by atoms with Gasteiger partial charge in [-0.15, -0.1) is 0 Å². The molecule has 1 aliphatic rings. The number of rotatable bonds is 5. The van der Waals surface area contributed by atoms with Crippen molar-refractivity contribution in [3.05, 3.63) is 16.7 Å². The molecular weight excluding hydrogens is 292 g/mol. The Morgan fingerprint density at radius 2 is 2.29 bits per heavy atom. The van der Waals surface area contributed by atoms with E-state index >= 15 is 0 Å². The number of nitrogens with zero attached hydrogens (tertiary/aromatic N) is 1. The second-order valence-corrected chi connectivity index (χ2v) is 5.60. The number of halogens is 1. The first kappa shape index (κ1) is 16.3. The number of aryl methyl sites for hydroxylation is 1. The fourth-order valence-corrected chi connectivity index (χ4v) is 2.93. The van der Waals surface area contributed by atoms with Gasteiger partial charge in [0.1, 0.15) is 0 Å². The van der Waals surface area contributed by atoms with Crippen LogP contribution in [0.5, 0.6) is 0 Å². The van der Waals surface area contributed by atoms with Gasteiger partial charge in [0, 0.05) is 12.6 Å². The Kier molecular flexibility index (Phi) is 5.61. The van der Waals surface area contributed by atoms with Crippen LogP contribution >= 0.6 is 11.6 Å². The van der Waals surface area contributed by atoms with E-state index in [0.717, 1.165) is 18.7 Å². The van der Waals surface area contributed by atoms with Crippen molar-refractivity contribution in [2.75, 3.05) is 13.2 Å². The minimum Gasteiger partial charge on any atom is -0.375 e. The molecule has 3 atom stereocenters. The Bertz CT molecular complexity index is 491. The van der Waals surface area contributed by atoms with E-state index in [1.807, 2.05) is 13.8 Å². The summed E-state index contributed by atoms with van der Waals surface area (Å²) >= 11 is 5.98. The van der Waals surface area contributed by atoms with Gasteiger partial charge in [-0.1, -0.05) is 18.5 Å². The molecule has 0 aromatic carbocycles. The third kappa shape index (κ3) is 3.75. The summed E-state index contributed by atoms with van der Waals surface area (Å²) in [5.41, 5.74) is 0.779. The van der Waals surface area contributed by atoms with Gasteiger partial charge in [-0.25, -0.2) is 4.98 Å². The van der Waals surface area contributed by atoms with Crippen molar-refractivity contribution in [3.63, 3.8) is 0 Å². The van der Waals surface area contributed by atoms with Crippen molar-refractivity contribution in [1.29, 1.82) is 0 Å². The lowest BCUT2D eigenvalue weighted by Crippen LogP contribution is -2.58. The second kappa shape index (κ2) is 7.24. The van der Waals surface area contributed by atoms with Gasteiger partial charge >= 0.3 is 0 Å². The highest BCUT2D eigenvalue weighted by molar-refractivity contribution is 6.30. The summed E-state index contributed by atoms with van der Waals surface area (Å²) in [6, 6.07) is 0.179. The first-order valence-electron chi connectivity index (χ1n) is 7.47. The number of ether oxygens (including phenoxy) is 1. The number of piperidine rings is 1. The molecule has 21 heavy (non-hydrogen) atoms. The van der Waals surface area contributed by atoms with Crippen LogP contribution in [-0.4, -0.2) is 47.2 Å². The van der Waals surface area contributed by atoms with E-state index in [1.165, 1.54) is 0 Å². The first-order chi connectivity index (χ1) is 10.1. The number of aromatic nitrogens is 2.